The molecule has 4 aromatic rings. The smallest absolute Gasteiger partial charge is 0.338 e. The number of esters is 1. The molecule has 0 saturated heterocycles. The molecule has 3 aromatic carbocycles. The van der Waals surface area contributed by atoms with Crippen molar-refractivity contribution in [3.63, 3.8) is 0 Å². The minimum atomic E-state index is -0.672. The predicted molar refractivity (Wildman–Crippen MR) is 139 cm³/mol. The molecule has 35 heavy (non-hydrogen) atoms. The molecule has 7 heteroatoms. The molecular weight excluding hydrogens is 480 g/mol. The predicted octanol–water partition coefficient (Wildman–Crippen LogP) is 4.59. The van der Waals surface area contributed by atoms with Gasteiger partial charge in [0.2, 0.25) is 0 Å². The van der Waals surface area contributed by atoms with E-state index in [9.17, 15) is 9.59 Å². The molecule has 5 nitrogen and oxygen atoms in total. The van der Waals surface area contributed by atoms with Crippen LogP contribution in [0.3, 0.4) is 0 Å². The number of benzene rings is 3. The van der Waals surface area contributed by atoms with Gasteiger partial charge in [-0.25, -0.2) is 9.79 Å². The van der Waals surface area contributed by atoms with E-state index in [1.54, 1.807) is 23.6 Å². The third kappa shape index (κ3) is 4.50. The van der Waals surface area contributed by atoms with Gasteiger partial charge in [0, 0.05) is 10.6 Å². The van der Waals surface area contributed by atoms with E-state index in [1.807, 2.05) is 78.9 Å². The van der Waals surface area contributed by atoms with Crippen molar-refractivity contribution in [2.45, 2.75) is 13.0 Å². The first-order chi connectivity index (χ1) is 17.1. The summed E-state index contributed by atoms with van der Waals surface area (Å²) in [5.41, 5.74) is 3.08. The van der Waals surface area contributed by atoms with Crippen molar-refractivity contribution in [2.75, 3.05) is 6.61 Å². The van der Waals surface area contributed by atoms with Crippen LogP contribution in [-0.4, -0.2) is 17.1 Å². The van der Waals surface area contributed by atoms with Crippen LogP contribution in [0.2, 0.25) is 5.02 Å². The Labute approximate surface area is 210 Å². The van der Waals surface area contributed by atoms with Gasteiger partial charge in [0.15, 0.2) is 4.80 Å². The zero-order chi connectivity index (χ0) is 24.4. The SMILES string of the molecule is CCOC(=O)C1=C(c2ccccc2)N=c2s/c(=C\c3ccc(Cl)cc3)c(=O)n2[C@H]1c1ccccc1. The summed E-state index contributed by atoms with van der Waals surface area (Å²) in [5, 5.41) is 0.624. The van der Waals surface area contributed by atoms with Crippen molar-refractivity contribution < 1.29 is 9.53 Å². The fraction of sp³-hybridized carbons (Fsp3) is 0.107. The maximum atomic E-state index is 13.7. The Morgan fingerprint density at radius 2 is 1.69 bits per heavy atom. The zero-order valence-corrected chi connectivity index (χ0v) is 20.4. The van der Waals surface area contributed by atoms with E-state index >= 15 is 0 Å². The zero-order valence-electron chi connectivity index (χ0n) is 18.9. The number of rotatable bonds is 5. The van der Waals surface area contributed by atoms with Crippen LogP contribution in [0.5, 0.6) is 0 Å². The Kier molecular flexibility index (Phi) is 6.49. The second-order valence-electron chi connectivity index (χ2n) is 7.89. The summed E-state index contributed by atoms with van der Waals surface area (Å²) in [4.78, 5) is 32.4. The Morgan fingerprint density at radius 3 is 2.34 bits per heavy atom. The summed E-state index contributed by atoms with van der Waals surface area (Å²) in [5.74, 6) is -0.490. The quantitative estimate of drug-likeness (QED) is 0.377. The van der Waals surface area contributed by atoms with E-state index in [4.69, 9.17) is 21.3 Å². The lowest BCUT2D eigenvalue weighted by atomic mass is 9.93. The van der Waals surface area contributed by atoms with Gasteiger partial charge in [-0.1, -0.05) is 95.7 Å². The minimum Gasteiger partial charge on any atom is -0.463 e. The highest BCUT2D eigenvalue weighted by molar-refractivity contribution is 7.07. The van der Waals surface area contributed by atoms with Gasteiger partial charge in [0.1, 0.15) is 0 Å². The second-order valence-corrected chi connectivity index (χ2v) is 9.34. The van der Waals surface area contributed by atoms with E-state index in [0.29, 0.717) is 25.6 Å². The number of aromatic nitrogens is 1. The molecule has 2 heterocycles. The topological polar surface area (TPSA) is 60.7 Å². The average Bonchev–Trinajstić information content (AvgIpc) is 3.20. The largest absolute Gasteiger partial charge is 0.463 e. The number of carbonyl (C=O) groups is 1. The minimum absolute atomic E-state index is 0.215. The van der Waals surface area contributed by atoms with Gasteiger partial charge in [0.25, 0.3) is 5.56 Å². The number of nitrogens with zero attached hydrogens (tertiary/aromatic N) is 2. The van der Waals surface area contributed by atoms with Crippen LogP contribution in [0, 0.1) is 0 Å². The van der Waals surface area contributed by atoms with E-state index in [1.165, 1.54) is 11.3 Å². The first-order valence-electron chi connectivity index (χ1n) is 11.2. The van der Waals surface area contributed by atoms with Crippen LogP contribution in [-0.2, 0) is 9.53 Å². The number of fused-ring (bicyclic) bond motifs is 1. The Balaban J connectivity index is 1.82. The molecule has 1 aliphatic rings. The molecule has 174 valence electrons. The fourth-order valence-electron chi connectivity index (χ4n) is 4.10. The van der Waals surface area contributed by atoms with E-state index in [2.05, 4.69) is 0 Å². The third-order valence-corrected chi connectivity index (χ3v) is 6.89. The molecule has 0 fully saturated rings. The van der Waals surface area contributed by atoms with Crippen molar-refractivity contribution in [1.82, 2.24) is 4.57 Å². The maximum Gasteiger partial charge on any atom is 0.338 e. The van der Waals surface area contributed by atoms with Crippen molar-refractivity contribution in [3.8, 4) is 0 Å². The molecular formula is C28H21ClN2O3S. The molecule has 0 saturated carbocycles. The van der Waals surface area contributed by atoms with Crippen molar-refractivity contribution >= 4 is 40.7 Å². The Morgan fingerprint density at radius 1 is 1.03 bits per heavy atom. The van der Waals surface area contributed by atoms with Gasteiger partial charge in [0.05, 0.1) is 28.5 Å². The lowest BCUT2D eigenvalue weighted by molar-refractivity contribution is -0.138. The van der Waals surface area contributed by atoms with Gasteiger partial charge < -0.3 is 4.74 Å². The molecule has 1 aromatic heterocycles. The molecule has 1 aliphatic heterocycles. The maximum absolute atomic E-state index is 13.7. The summed E-state index contributed by atoms with van der Waals surface area (Å²) in [7, 11) is 0. The van der Waals surface area contributed by atoms with Gasteiger partial charge in [-0.3, -0.25) is 9.36 Å². The molecule has 0 amide bonds. The van der Waals surface area contributed by atoms with Crippen LogP contribution < -0.4 is 14.9 Å². The normalized spacial score (nSPS) is 15.5. The molecule has 0 bridgehead atoms. The number of carbonyl (C=O) groups excluding carboxylic acids is 1. The van der Waals surface area contributed by atoms with E-state index in [0.717, 1.165) is 16.7 Å². The summed E-state index contributed by atoms with van der Waals surface area (Å²) in [6.07, 6.45) is 1.82. The van der Waals surface area contributed by atoms with E-state index < -0.39 is 12.0 Å². The molecule has 0 N–H and O–H groups in total. The third-order valence-electron chi connectivity index (χ3n) is 5.66. The van der Waals surface area contributed by atoms with Crippen LogP contribution in [0.4, 0.5) is 0 Å². The summed E-state index contributed by atoms with van der Waals surface area (Å²) >= 11 is 7.31. The van der Waals surface area contributed by atoms with Crippen LogP contribution >= 0.6 is 22.9 Å². The number of thiazole rings is 1. The van der Waals surface area contributed by atoms with Gasteiger partial charge in [-0.2, -0.15) is 0 Å². The standard InChI is InChI=1S/C28H21ClN2O3S/c1-2-34-27(33)23-24(19-9-5-3-6-10-19)30-28-31(25(23)20-11-7-4-8-12-20)26(32)22(35-28)17-18-13-15-21(29)16-14-18/h3-17,25H,2H2,1H3/b22-17-/t25-/m0/s1. The highest BCUT2D eigenvalue weighted by Crippen LogP contribution is 2.35. The number of ether oxygens (including phenoxy) is 1. The van der Waals surface area contributed by atoms with Crippen LogP contribution in [0.15, 0.2) is 100 Å². The van der Waals surface area contributed by atoms with Gasteiger partial charge >= 0.3 is 5.97 Å². The van der Waals surface area contributed by atoms with Gasteiger partial charge in [-0.05, 0) is 36.3 Å². The average molecular weight is 501 g/mol. The molecule has 0 aliphatic carbocycles. The van der Waals surface area contributed by atoms with Crippen molar-refractivity contribution in [3.05, 3.63) is 132 Å². The van der Waals surface area contributed by atoms with Crippen molar-refractivity contribution in [2.24, 2.45) is 4.99 Å². The van der Waals surface area contributed by atoms with E-state index in [-0.39, 0.29) is 12.2 Å². The summed E-state index contributed by atoms with van der Waals surface area (Å²) in [6, 6.07) is 25.6. The second kappa shape index (κ2) is 9.86. The lowest BCUT2D eigenvalue weighted by Crippen LogP contribution is -2.39. The number of halogens is 1. The van der Waals surface area contributed by atoms with Gasteiger partial charge in [-0.15, -0.1) is 0 Å². The van der Waals surface area contributed by atoms with Crippen LogP contribution in [0.1, 0.15) is 29.7 Å². The first-order valence-corrected chi connectivity index (χ1v) is 12.3. The molecule has 0 spiro atoms. The number of hydrogen-bond donors (Lipinski definition) is 0. The fourth-order valence-corrected chi connectivity index (χ4v) is 5.23. The summed E-state index contributed by atoms with van der Waals surface area (Å²) in [6.45, 7) is 1.98. The highest BCUT2D eigenvalue weighted by Gasteiger charge is 2.35. The monoisotopic (exact) mass is 500 g/mol. The molecule has 1 atom stereocenters. The first kappa shape index (κ1) is 23.0. The van der Waals surface area contributed by atoms with Crippen LogP contribution in [0.25, 0.3) is 11.8 Å². The van der Waals surface area contributed by atoms with Crippen molar-refractivity contribution in [1.29, 1.82) is 0 Å². The molecule has 0 unspecified atom stereocenters. The number of hydrogen-bond acceptors (Lipinski definition) is 5. The Hall–Kier alpha value is -3.74. The lowest BCUT2D eigenvalue weighted by Gasteiger charge is -2.25. The highest BCUT2D eigenvalue weighted by atomic mass is 35.5. The molecule has 0 radical (unpaired) electrons. The molecule has 5 rings (SSSR count). The summed E-state index contributed by atoms with van der Waals surface area (Å²) < 4.78 is 7.58. The Bertz CT molecular complexity index is 1590.